The Bertz CT molecular complexity index is 1320. The highest BCUT2D eigenvalue weighted by molar-refractivity contribution is 7.98. The minimum Gasteiger partial charge on any atom is -0.328 e. The van der Waals surface area contributed by atoms with Crippen molar-refractivity contribution >= 4 is 52.4 Å². The predicted octanol–water partition coefficient (Wildman–Crippen LogP) is 5.81. The number of rotatable bonds is 5. The molecular weight excluding hydrogens is 485 g/mol. The van der Waals surface area contributed by atoms with Crippen LogP contribution >= 0.6 is 35.0 Å². The van der Waals surface area contributed by atoms with Crippen LogP contribution in [0.25, 0.3) is 0 Å². The van der Waals surface area contributed by atoms with Crippen molar-refractivity contribution in [3.8, 4) is 0 Å². The quantitative estimate of drug-likeness (QED) is 0.267. The molecule has 168 valence electrons. The number of nitrogens with one attached hydrogen (secondary N) is 1. The molecule has 3 aromatic rings. The van der Waals surface area contributed by atoms with Crippen molar-refractivity contribution in [3.63, 3.8) is 0 Å². The highest BCUT2D eigenvalue weighted by atomic mass is 35.5. The van der Waals surface area contributed by atoms with E-state index in [1.165, 1.54) is 17.8 Å². The van der Waals surface area contributed by atoms with Gasteiger partial charge in [0.05, 0.1) is 15.0 Å². The fourth-order valence-corrected chi connectivity index (χ4v) is 5.17. The number of carbonyl (C=O) groups excluding carboxylic acids is 1. The number of thioether (sulfide) groups is 1. The summed E-state index contributed by atoms with van der Waals surface area (Å²) < 4.78 is 1.71. The first-order valence-corrected chi connectivity index (χ1v) is 12.0. The second-order valence-corrected chi connectivity index (χ2v) is 9.51. The number of halogens is 2. The van der Waals surface area contributed by atoms with Gasteiger partial charge in [0.1, 0.15) is 6.04 Å². The summed E-state index contributed by atoms with van der Waals surface area (Å²) in [5.74, 6) is 1.09. The summed E-state index contributed by atoms with van der Waals surface area (Å²) in [5.41, 5.74) is 3.17. The number of fused-ring (bicyclic) bond motifs is 1. The first-order valence-electron chi connectivity index (χ1n) is 10.2. The third-order valence-electron chi connectivity index (χ3n) is 5.60. The van der Waals surface area contributed by atoms with Gasteiger partial charge >= 0.3 is 0 Å². The highest BCUT2D eigenvalue weighted by Gasteiger charge is 2.37. The van der Waals surface area contributed by atoms with Crippen LogP contribution in [0.3, 0.4) is 0 Å². The molecule has 0 saturated carbocycles. The number of nitrogens with zero attached hydrogens (tertiary/aromatic N) is 4. The number of hydrogen-bond acceptors (Lipinski definition) is 7. The molecule has 2 aromatic carbocycles. The van der Waals surface area contributed by atoms with E-state index in [0.717, 1.165) is 29.7 Å². The average molecular weight is 502 g/mol. The normalized spacial score (nSPS) is 17.4. The zero-order chi connectivity index (χ0) is 23.1. The fraction of sp³-hybridized carbons (Fsp3) is 0.227. The lowest BCUT2D eigenvalue weighted by molar-refractivity contribution is -0.384. The lowest BCUT2D eigenvalue weighted by Crippen LogP contribution is -2.31. The van der Waals surface area contributed by atoms with Crippen molar-refractivity contribution in [1.82, 2.24) is 14.8 Å². The van der Waals surface area contributed by atoms with Crippen LogP contribution in [-0.2, 0) is 10.5 Å². The van der Waals surface area contributed by atoms with Crippen molar-refractivity contribution < 1.29 is 9.72 Å². The molecule has 0 bridgehead atoms. The molecule has 1 aliphatic heterocycles. The number of non-ortho nitro benzene ring substituents is 1. The average Bonchev–Trinajstić information content (AvgIpc) is 3.21. The number of hydrogen-bond donors (Lipinski definition) is 1. The minimum absolute atomic E-state index is 0.0435. The van der Waals surface area contributed by atoms with Gasteiger partial charge in [-0.3, -0.25) is 14.9 Å². The molecule has 0 fully saturated rings. The lowest BCUT2D eigenvalue weighted by atomic mass is 9.85. The molecule has 0 amide bonds. The SMILES string of the molecule is O=C1CCCC2=C1C(c1ccc(Cl)c(Cl)c1)n1nc(SCc3cccc([N+](=O)[O-])c3)nc1N2. The number of nitro benzene ring substituents is 1. The number of carbonyl (C=O) groups is 1. The van der Waals surface area contributed by atoms with Gasteiger partial charge < -0.3 is 5.32 Å². The molecule has 2 aliphatic rings. The molecule has 2 heterocycles. The largest absolute Gasteiger partial charge is 0.328 e. The molecule has 1 N–H and O–H groups in total. The Labute approximate surface area is 203 Å². The van der Waals surface area contributed by atoms with Crippen molar-refractivity contribution in [1.29, 1.82) is 0 Å². The van der Waals surface area contributed by atoms with Gasteiger partial charge in [-0.05, 0) is 36.1 Å². The van der Waals surface area contributed by atoms with E-state index >= 15 is 0 Å². The Kier molecular flexibility index (Phi) is 5.86. The summed E-state index contributed by atoms with van der Waals surface area (Å²) in [6, 6.07) is 11.3. The van der Waals surface area contributed by atoms with E-state index in [9.17, 15) is 14.9 Å². The summed E-state index contributed by atoms with van der Waals surface area (Å²) in [7, 11) is 0. The van der Waals surface area contributed by atoms with Crippen molar-refractivity contribution in [2.45, 2.75) is 36.2 Å². The molecule has 1 unspecified atom stereocenters. The number of benzene rings is 2. The molecule has 8 nitrogen and oxygen atoms in total. The summed E-state index contributed by atoms with van der Waals surface area (Å²) in [6.07, 6.45) is 2.01. The smallest absolute Gasteiger partial charge is 0.269 e. The van der Waals surface area contributed by atoms with Gasteiger partial charge in [0.25, 0.3) is 5.69 Å². The van der Waals surface area contributed by atoms with E-state index in [-0.39, 0.29) is 11.5 Å². The topological polar surface area (TPSA) is 103 Å². The monoisotopic (exact) mass is 501 g/mol. The molecule has 0 radical (unpaired) electrons. The van der Waals surface area contributed by atoms with Gasteiger partial charge in [-0.2, -0.15) is 4.98 Å². The first-order chi connectivity index (χ1) is 15.9. The number of aromatic nitrogens is 3. The Morgan fingerprint density at radius 3 is 2.82 bits per heavy atom. The van der Waals surface area contributed by atoms with E-state index in [2.05, 4.69) is 15.4 Å². The first kappa shape index (κ1) is 21.9. The van der Waals surface area contributed by atoms with Crippen LogP contribution in [0.5, 0.6) is 0 Å². The number of Topliss-reactive ketones (excluding diaryl/α,β-unsaturated/α-hetero) is 1. The van der Waals surface area contributed by atoms with Crippen molar-refractivity contribution in [2.24, 2.45) is 0 Å². The van der Waals surface area contributed by atoms with Crippen molar-refractivity contribution in [2.75, 3.05) is 5.32 Å². The van der Waals surface area contributed by atoms with Gasteiger partial charge in [0, 0.05) is 35.6 Å². The third-order valence-corrected chi connectivity index (χ3v) is 7.25. The van der Waals surface area contributed by atoms with E-state index in [1.54, 1.807) is 28.9 Å². The molecule has 11 heteroatoms. The molecule has 5 rings (SSSR count). The molecule has 1 atom stereocenters. The molecular formula is C22H17Cl2N5O3S. The molecule has 33 heavy (non-hydrogen) atoms. The van der Waals surface area contributed by atoms with Gasteiger partial charge in [-0.15, -0.1) is 5.10 Å². The summed E-state index contributed by atoms with van der Waals surface area (Å²) in [5, 5.41) is 20.3. The molecule has 0 spiro atoms. The molecule has 0 saturated heterocycles. The van der Waals surface area contributed by atoms with Crippen LogP contribution in [0.1, 0.15) is 36.4 Å². The Hall–Kier alpha value is -2.88. The standard InChI is InChI=1S/C22H17Cl2N5O3S/c23-15-8-7-13(10-16(15)24)20-19-17(5-2-6-18(19)30)25-21-26-22(27-28(20)21)33-11-12-3-1-4-14(9-12)29(31)32/h1,3-4,7-10,20H,2,5-6,11H2,(H,25,26,27). The van der Waals surface area contributed by atoms with Gasteiger partial charge in [0.2, 0.25) is 11.1 Å². The molecule has 1 aliphatic carbocycles. The number of nitro groups is 1. The van der Waals surface area contributed by atoms with Crippen molar-refractivity contribution in [3.05, 3.63) is 85.0 Å². The van der Waals surface area contributed by atoms with Gasteiger partial charge in [-0.25, -0.2) is 4.68 Å². The number of anilines is 1. The Balaban J connectivity index is 1.49. The third kappa shape index (κ3) is 4.23. The van der Waals surface area contributed by atoms with Gasteiger partial charge in [0.15, 0.2) is 5.78 Å². The number of allylic oxidation sites excluding steroid dienone is 2. The molecule has 1 aromatic heterocycles. The van der Waals surface area contributed by atoms with Crippen LogP contribution in [0, 0.1) is 10.1 Å². The summed E-state index contributed by atoms with van der Waals surface area (Å²) in [6.45, 7) is 0. The van der Waals surface area contributed by atoms with E-state index in [1.807, 2.05) is 12.1 Å². The maximum absolute atomic E-state index is 12.9. The summed E-state index contributed by atoms with van der Waals surface area (Å²) in [4.78, 5) is 28.1. The van der Waals surface area contributed by atoms with E-state index in [4.69, 9.17) is 23.2 Å². The zero-order valence-electron chi connectivity index (χ0n) is 17.1. The second-order valence-electron chi connectivity index (χ2n) is 7.75. The fourth-order valence-electron chi connectivity index (χ4n) is 4.10. The number of ketones is 1. The van der Waals surface area contributed by atoms with E-state index < -0.39 is 11.0 Å². The minimum atomic E-state index is -0.460. The van der Waals surface area contributed by atoms with Crippen LogP contribution in [0.15, 0.2) is 58.9 Å². The van der Waals surface area contributed by atoms with E-state index in [0.29, 0.717) is 38.9 Å². The predicted molar refractivity (Wildman–Crippen MR) is 127 cm³/mol. The summed E-state index contributed by atoms with van der Waals surface area (Å²) >= 11 is 13.8. The van der Waals surface area contributed by atoms with Gasteiger partial charge in [-0.1, -0.05) is 53.2 Å². The Morgan fingerprint density at radius 1 is 1.18 bits per heavy atom. The second kappa shape index (κ2) is 8.81. The zero-order valence-corrected chi connectivity index (χ0v) is 19.5. The van der Waals surface area contributed by atoms with Crippen LogP contribution in [-0.4, -0.2) is 25.5 Å². The lowest BCUT2D eigenvalue weighted by Gasteiger charge is -2.32. The maximum Gasteiger partial charge on any atom is 0.269 e. The maximum atomic E-state index is 12.9. The van der Waals surface area contributed by atoms with Crippen LogP contribution in [0.2, 0.25) is 10.0 Å². The Morgan fingerprint density at radius 2 is 2.03 bits per heavy atom. The van der Waals surface area contributed by atoms with Crippen LogP contribution < -0.4 is 5.32 Å². The van der Waals surface area contributed by atoms with Crippen LogP contribution in [0.4, 0.5) is 11.6 Å². The highest BCUT2D eigenvalue weighted by Crippen LogP contribution is 2.41.